The first-order chi connectivity index (χ1) is 9.72. The van der Waals surface area contributed by atoms with Crippen LogP contribution in [0.2, 0.25) is 0 Å². The third-order valence-corrected chi connectivity index (χ3v) is 2.38. The van der Waals surface area contributed by atoms with Crippen molar-refractivity contribution in [1.29, 1.82) is 5.26 Å². The van der Waals surface area contributed by atoms with Gasteiger partial charge >= 0.3 is 12.0 Å². The molecule has 0 aliphatic rings. The summed E-state index contributed by atoms with van der Waals surface area (Å²) in [5.74, 6) is -0.0561. The van der Waals surface area contributed by atoms with E-state index in [-0.39, 0.29) is 18.4 Å². The van der Waals surface area contributed by atoms with Crippen LogP contribution in [-0.2, 0) is 11.2 Å². The molecule has 0 aliphatic carbocycles. The van der Waals surface area contributed by atoms with Crippen molar-refractivity contribution >= 4 is 5.97 Å². The fourth-order valence-corrected chi connectivity index (χ4v) is 1.47. The summed E-state index contributed by atoms with van der Waals surface area (Å²) in [6.07, 6.45) is 1.48. The van der Waals surface area contributed by atoms with E-state index in [2.05, 4.69) is 11.1 Å². The van der Waals surface area contributed by atoms with Gasteiger partial charge in [0, 0.05) is 0 Å². The van der Waals surface area contributed by atoms with Crippen molar-refractivity contribution in [3.05, 3.63) is 41.8 Å². The van der Waals surface area contributed by atoms with Gasteiger partial charge in [-0.1, -0.05) is 12.1 Å². The monoisotopic (exact) mass is 272 g/mol. The Labute approximate surface area is 115 Å². The van der Waals surface area contributed by atoms with Crippen molar-refractivity contribution in [2.24, 2.45) is 0 Å². The van der Waals surface area contributed by atoms with Gasteiger partial charge in [0.2, 0.25) is 0 Å². The Kier molecular flexibility index (Phi) is 4.35. The largest absolute Gasteiger partial charge is 0.461 e. The van der Waals surface area contributed by atoms with Crippen molar-refractivity contribution in [2.75, 3.05) is 6.61 Å². The van der Waals surface area contributed by atoms with Crippen LogP contribution in [0.4, 0.5) is 0 Å². The molecule has 0 aliphatic heterocycles. The van der Waals surface area contributed by atoms with Crippen molar-refractivity contribution in [2.45, 2.75) is 13.3 Å². The number of ether oxygens (including phenoxy) is 2. The van der Waals surface area contributed by atoms with Crippen molar-refractivity contribution in [3.8, 4) is 17.9 Å². The molecule has 0 spiro atoms. The van der Waals surface area contributed by atoms with Crippen LogP contribution in [0.5, 0.6) is 11.8 Å². The van der Waals surface area contributed by atoms with Crippen LogP contribution in [0.1, 0.15) is 23.0 Å². The zero-order chi connectivity index (χ0) is 14.4. The lowest BCUT2D eigenvalue weighted by Gasteiger charge is -2.01. The van der Waals surface area contributed by atoms with Gasteiger partial charge < -0.3 is 13.9 Å². The van der Waals surface area contributed by atoms with Crippen molar-refractivity contribution < 1.29 is 18.7 Å². The van der Waals surface area contributed by atoms with E-state index in [4.69, 9.17) is 19.2 Å². The molecule has 2 rings (SSSR count). The van der Waals surface area contributed by atoms with E-state index < -0.39 is 5.97 Å². The summed E-state index contributed by atoms with van der Waals surface area (Å²) in [6, 6.07) is 8.99. The number of esters is 1. The van der Waals surface area contributed by atoms with Gasteiger partial charge in [-0.3, -0.25) is 0 Å². The lowest BCUT2D eigenvalue weighted by molar-refractivity contribution is 0.0519. The van der Waals surface area contributed by atoms with Crippen molar-refractivity contribution in [3.63, 3.8) is 0 Å². The number of oxazole rings is 1. The summed E-state index contributed by atoms with van der Waals surface area (Å²) >= 11 is 0. The lowest BCUT2D eigenvalue weighted by Crippen LogP contribution is -2.04. The van der Waals surface area contributed by atoms with E-state index in [9.17, 15) is 4.79 Å². The summed E-state index contributed by atoms with van der Waals surface area (Å²) in [4.78, 5) is 15.3. The number of hydrogen-bond acceptors (Lipinski definition) is 6. The van der Waals surface area contributed by atoms with Gasteiger partial charge in [0.05, 0.1) is 19.1 Å². The quantitative estimate of drug-likeness (QED) is 0.778. The van der Waals surface area contributed by atoms with E-state index in [1.807, 2.05) is 0 Å². The maximum Gasteiger partial charge on any atom is 0.399 e. The number of nitriles is 1. The molecule has 6 nitrogen and oxygen atoms in total. The van der Waals surface area contributed by atoms with Crippen LogP contribution < -0.4 is 4.74 Å². The Balaban J connectivity index is 2.03. The first-order valence-corrected chi connectivity index (χ1v) is 5.99. The summed E-state index contributed by atoms with van der Waals surface area (Å²) in [6.45, 7) is 1.97. The number of aromatic nitrogens is 1. The molecule has 0 N–H and O–H groups in total. The Morgan fingerprint density at radius 1 is 1.40 bits per heavy atom. The fourth-order valence-electron chi connectivity index (χ4n) is 1.47. The highest BCUT2D eigenvalue weighted by Crippen LogP contribution is 2.21. The zero-order valence-electron chi connectivity index (χ0n) is 10.8. The molecule has 0 bridgehead atoms. The predicted molar refractivity (Wildman–Crippen MR) is 68.3 cm³/mol. The SMILES string of the molecule is CCOC(=O)c1coc(Oc2ccc(CC#N)cc2)n1. The number of hydrogen-bond donors (Lipinski definition) is 0. The second-order valence-electron chi connectivity index (χ2n) is 3.80. The summed E-state index contributed by atoms with van der Waals surface area (Å²) < 4.78 is 15.2. The number of carbonyl (C=O) groups is 1. The Morgan fingerprint density at radius 2 is 2.15 bits per heavy atom. The van der Waals surface area contributed by atoms with E-state index in [0.29, 0.717) is 12.2 Å². The first-order valence-electron chi connectivity index (χ1n) is 5.99. The number of carbonyl (C=O) groups excluding carboxylic acids is 1. The van der Waals surface area contributed by atoms with Crippen LogP contribution in [0.3, 0.4) is 0 Å². The molecule has 6 heteroatoms. The molecule has 0 unspecified atom stereocenters. The minimum absolute atomic E-state index is 0.0407. The highest BCUT2D eigenvalue weighted by atomic mass is 16.6. The van der Waals surface area contributed by atoms with E-state index in [1.54, 1.807) is 31.2 Å². The van der Waals surface area contributed by atoms with Crippen LogP contribution in [0.25, 0.3) is 0 Å². The Bertz CT molecular complexity index is 625. The third-order valence-electron chi connectivity index (χ3n) is 2.38. The summed E-state index contributed by atoms with van der Waals surface area (Å²) in [5, 5.41) is 8.57. The molecule has 0 atom stereocenters. The minimum Gasteiger partial charge on any atom is -0.461 e. The topological polar surface area (TPSA) is 85.4 Å². The number of rotatable bonds is 5. The number of benzene rings is 1. The van der Waals surface area contributed by atoms with Gasteiger partial charge in [-0.25, -0.2) is 4.79 Å². The van der Waals surface area contributed by atoms with Crippen LogP contribution in [0, 0.1) is 11.3 Å². The molecule has 1 aromatic heterocycles. The van der Waals surface area contributed by atoms with E-state index in [1.165, 1.54) is 6.26 Å². The van der Waals surface area contributed by atoms with Gasteiger partial charge in [0.25, 0.3) is 0 Å². The Morgan fingerprint density at radius 3 is 2.80 bits per heavy atom. The average molecular weight is 272 g/mol. The van der Waals surface area contributed by atoms with E-state index >= 15 is 0 Å². The van der Waals surface area contributed by atoms with Gasteiger partial charge in [-0.2, -0.15) is 10.2 Å². The zero-order valence-corrected chi connectivity index (χ0v) is 10.8. The van der Waals surface area contributed by atoms with Gasteiger partial charge in [0.1, 0.15) is 12.0 Å². The van der Waals surface area contributed by atoms with Gasteiger partial charge in [-0.15, -0.1) is 0 Å². The molecule has 0 saturated heterocycles. The first kappa shape index (κ1) is 13.6. The van der Waals surface area contributed by atoms with Gasteiger partial charge in [0.15, 0.2) is 5.69 Å². The molecule has 102 valence electrons. The molecule has 1 heterocycles. The van der Waals surface area contributed by atoms with Crippen LogP contribution >= 0.6 is 0 Å². The minimum atomic E-state index is -0.560. The highest BCUT2D eigenvalue weighted by molar-refractivity contribution is 5.86. The molecule has 0 fully saturated rings. The average Bonchev–Trinajstić information content (AvgIpc) is 2.90. The standard InChI is InChI=1S/C14H12N2O4/c1-2-18-13(17)12-9-19-14(16-12)20-11-5-3-10(4-6-11)7-8-15/h3-6,9H,2,7H2,1H3. The molecule has 0 saturated carbocycles. The summed E-state index contributed by atoms with van der Waals surface area (Å²) in [7, 11) is 0. The Hall–Kier alpha value is -2.81. The van der Waals surface area contributed by atoms with Crippen LogP contribution in [0.15, 0.2) is 34.9 Å². The molecule has 1 aromatic carbocycles. The van der Waals surface area contributed by atoms with Crippen LogP contribution in [-0.4, -0.2) is 17.6 Å². The maximum absolute atomic E-state index is 11.4. The van der Waals surface area contributed by atoms with E-state index in [0.717, 1.165) is 5.56 Å². The highest BCUT2D eigenvalue weighted by Gasteiger charge is 2.14. The molecular weight excluding hydrogens is 260 g/mol. The lowest BCUT2D eigenvalue weighted by atomic mass is 10.2. The second kappa shape index (κ2) is 6.38. The summed E-state index contributed by atoms with van der Waals surface area (Å²) in [5.41, 5.74) is 0.947. The predicted octanol–water partition coefficient (Wildman–Crippen LogP) is 2.71. The molecular formula is C14H12N2O4. The van der Waals surface area contributed by atoms with Gasteiger partial charge in [-0.05, 0) is 24.6 Å². The number of nitrogens with zero attached hydrogens (tertiary/aromatic N) is 2. The molecule has 0 radical (unpaired) electrons. The third kappa shape index (κ3) is 3.36. The van der Waals surface area contributed by atoms with Crippen molar-refractivity contribution in [1.82, 2.24) is 4.98 Å². The smallest absolute Gasteiger partial charge is 0.399 e. The molecule has 0 amide bonds. The maximum atomic E-state index is 11.4. The molecule has 2 aromatic rings. The molecule has 20 heavy (non-hydrogen) atoms. The normalized spacial score (nSPS) is 9.80. The second-order valence-corrected chi connectivity index (χ2v) is 3.80. The fraction of sp³-hybridized carbons (Fsp3) is 0.214.